The molecular formula is C33H42F2N6O7. The maximum absolute atomic E-state index is 15.3. The molecule has 3 aromatic rings. The van der Waals surface area contributed by atoms with Crippen molar-refractivity contribution in [3.05, 3.63) is 69.9 Å². The van der Waals surface area contributed by atoms with Crippen molar-refractivity contribution in [3.63, 3.8) is 0 Å². The highest BCUT2D eigenvalue weighted by Crippen LogP contribution is 2.29. The van der Waals surface area contributed by atoms with E-state index in [0.29, 0.717) is 6.07 Å². The number of pyridine rings is 1. The zero-order valence-electron chi connectivity index (χ0n) is 28.3. The summed E-state index contributed by atoms with van der Waals surface area (Å²) in [6.45, 7) is 8.21. The summed E-state index contributed by atoms with van der Waals surface area (Å²) in [5, 5.41) is 4.92. The molecule has 1 unspecified atom stereocenters. The monoisotopic (exact) mass is 672 g/mol. The van der Waals surface area contributed by atoms with Gasteiger partial charge in [0.05, 0.1) is 19.2 Å². The van der Waals surface area contributed by atoms with Crippen LogP contribution in [0.4, 0.5) is 24.1 Å². The van der Waals surface area contributed by atoms with E-state index in [1.165, 1.54) is 29.3 Å². The van der Waals surface area contributed by atoms with Gasteiger partial charge in [-0.2, -0.15) is 0 Å². The predicted octanol–water partition coefficient (Wildman–Crippen LogP) is 4.59. The highest BCUT2D eigenvalue weighted by Gasteiger charge is 2.29. The van der Waals surface area contributed by atoms with Gasteiger partial charge in [-0.25, -0.2) is 27.9 Å². The summed E-state index contributed by atoms with van der Waals surface area (Å²) in [6.07, 6.45) is 2.91. The van der Waals surface area contributed by atoms with Gasteiger partial charge >= 0.3 is 12.2 Å². The molecule has 48 heavy (non-hydrogen) atoms. The molecule has 260 valence electrons. The summed E-state index contributed by atoms with van der Waals surface area (Å²) < 4.78 is 42.5. The van der Waals surface area contributed by atoms with Crippen molar-refractivity contribution in [1.82, 2.24) is 24.3 Å². The molecule has 2 N–H and O–H groups in total. The summed E-state index contributed by atoms with van der Waals surface area (Å²) in [4.78, 5) is 69.8. The number of nitrogens with zero attached hydrogens (tertiary/aromatic N) is 4. The van der Waals surface area contributed by atoms with E-state index < -0.39 is 46.9 Å². The minimum atomic E-state index is -1.14. The van der Waals surface area contributed by atoms with E-state index in [9.17, 15) is 28.4 Å². The number of carbonyl (C=O) groups excluding carboxylic acids is 4. The number of alkyl carbamates (subject to hydrolysis) is 1. The zero-order chi connectivity index (χ0) is 35.9. The first-order valence-corrected chi connectivity index (χ1v) is 15.3. The molecule has 0 saturated heterocycles. The smallest absolute Gasteiger partial charge is 0.420 e. The van der Waals surface area contributed by atoms with Crippen LogP contribution in [-0.2, 0) is 32.0 Å². The van der Waals surface area contributed by atoms with E-state index in [2.05, 4.69) is 20.4 Å². The molecule has 0 radical (unpaired) electrons. The van der Waals surface area contributed by atoms with Crippen LogP contribution in [0.5, 0.6) is 0 Å². The number of nitrogens with one attached hydrogen (secondary N) is 2. The molecule has 2 aromatic heterocycles. The summed E-state index contributed by atoms with van der Waals surface area (Å²) in [5.74, 6) is -2.97. The van der Waals surface area contributed by atoms with Gasteiger partial charge in [-0.05, 0) is 64.2 Å². The van der Waals surface area contributed by atoms with Crippen molar-refractivity contribution in [1.29, 1.82) is 0 Å². The Balaban J connectivity index is 2.01. The van der Waals surface area contributed by atoms with Crippen molar-refractivity contribution < 1.29 is 37.4 Å². The Morgan fingerprint density at radius 2 is 1.81 bits per heavy atom. The van der Waals surface area contributed by atoms with Gasteiger partial charge in [-0.3, -0.25) is 14.4 Å². The van der Waals surface area contributed by atoms with E-state index >= 15 is 4.39 Å². The Hall–Kier alpha value is -5.08. The highest BCUT2D eigenvalue weighted by atomic mass is 19.1. The molecule has 0 spiro atoms. The standard InChI is InChI=1S/C33H42F2N6O7/c1-19(2)16-20-21(34)17-22(35)28-27(20)38-25(41(28)32(46)48-33(3,4)5)18-40-15-11-13-24(30(40)44)36-29(43)23(37-31(45)47-8)12-9-10-14-26(42)39(6)7/h10-11,13-15,17,19,23H,9,12,16,18H2,1-8H3,(H,36,43)(H,37,45)/b14-10+. The number of benzene rings is 1. The maximum atomic E-state index is 15.3. The molecule has 13 nitrogen and oxygen atoms in total. The van der Waals surface area contributed by atoms with Crippen LogP contribution in [0.2, 0.25) is 0 Å². The topological polar surface area (TPSA) is 154 Å². The molecule has 0 aliphatic heterocycles. The van der Waals surface area contributed by atoms with Crippen LogP contribution in [0.1, 0.15) is 58.8 Å². The summed E-state index contributed by atoms with van der Waals surface area (Å²) in [7, 11) is 4.31. The van der Waals surface area contributed by atoms with Crippen LogP contribution in [0, 0.1) is 17.6 Å². The van der Waals surface area contributed by atoms with Gasteiger partial charge in [0.25, 0.3) is 5.56 Å². The Labute approximate surface area is 276 Å². The number of anilines is 1. The van der Waals surface area contributed by atoms with Crippen molar-refractivity contribution in [2.24, 2.45) is 5.92 Å². The molecule has 0 bridgehead atoms. The number of ether oxygens (including phenoxy) is 2. The Kier molecular flexibility index (Phi) is 12.2. The molecule has 1 aromatic carbocycles. The van der Waals surface area contributed by atoms with Crippen LogP contribution in [0.3, 0.4) is 0 Å². The molecule has 1 atom stereocenters. The number of halogens is 2. The number of amides is 3. The van der Waals surface area contributed by atoms with Crippen LogP contribution < -0.4 is 16.2 Å². The fraction of sp³-hybridized carbons (Fsp3) is 0.455. The van der Waals surface area contributed by atoms with Crippen molar-refractivity contribution in [2.45, 2.75) is 72.1 Å². The molecule has 0 saturated carbocycles. The Morgan fingerprint density at radius 1 is 1.12 bits per heavy atom. The number of rotatable bonds is 11. The van der Waals surface area contributed by atoms with E-state index in [4.69, 9.17) is 4.74 Å². The first-order valence-electron chi connectivity index (χ1n) is 15.3. The number of likely N-dealkylation sites (N-methyl/N-ethyl adjacent to an activating group) is 1. The van der Waals surface area contributed by atoms with Crippen molar-refractivity contribution in [3.8, 4) is 0 Å². The van der Waals surface area contributed by atoms with Gasteiger partial charge in [0, 0.05) is 31.9 Å². The average molecular weight is 673 g/mol. The molecule has 3 rings (SSSR count). The zero-order valence-corrected chi connectivity index (χ0v) is 28.3. The predicted molar refractivity (Wildman–Crippen MR) is 175 cm³/mol. The first kappa shape index (κ1) is 37.4. The average Bonchev–Trinajstić information content (AvgIpc) is 3.37. The third kappa shape index (κ3) is 9.48. The van der Waals surface area contributed by atoms with Crippen LogP contribution in [-0.4, -0.2) is 75.9 Å². The van der Waals surface area contributed by atoms with Crippen LogP contribution in [0.15, 0.2) is 41.3 Å². The molecule has 2 heterocycles. The summed E-state index contributed by atoms with van der Waals surface area (Å²) in [5.41, 5.74) is -2.10. The first-order chi connectivity index (χ1) is 22.4. The normalized spacial score (nSPS) is 12.3. The maximum Gasteiger partial charge on any atom is 0.420 e. The molecule has 0 fully saturated rings. The van der Waals surface area contributed by atoms with Crippen molar-refractivity contribution in [2.75, 3.05) is 26.5 Å². The number of aromatic nitrogens is 3. The van der Waals surface area contributed by atoms with Gasteiger partial charge in [0.15, 0.2) is 5.82 Å². The lowest BCUT2D eigenvalue weighted by Gasteiger charge is -2.21. The Bertz CT molecular complexity index is 1770. The number of hydrogen-bond donors (Lipinski definition) is 2. The van der Waals surface area contributed by atoms with Gasteiger partial charge in [0.2, 0.25) is 11.8 Å². The number of methoxy groups -OCH3 is 1. The minimum Gasteiger partial charge on any atom is -0.453 e. The largest absolute Gasteiger partial charge is 0.453 e. The second kappa shape index (κ2) is 15.7. The minimum absolute atomic E-state index is 0.0275. The van der Waals surface area contributed by atoms with Gasteiger partial charge in [-0.1, -0.05) is 19.9 Å². The lowest BCUT2D eigenvalue weighted by molar-refractivity contribution is -0.123. The summed E-state index contributed by atoms with van der Waals surface area (Å²) >= 11 is 0. The third-order valence-electron chi connectivity index (χ3n) is 6.90. The molecule has 15 heteroatoms. The third-order valence-corrected chi connectivity index (χ3v) is 6.90. The van der Waals surface area contributed by atoms with Crippen molar-refractivity contribution >= 4 is 40.7 Å². The fourth-order valence-electron chi connectivity index (χ4n) is 4.68. The van der Waals surface area contributed by atoms with Crippen LogP contribution in [0.25, 0.3) is 11.0 Å². The number of imidazole rings is 1. The van der Waals surface area contributed by atoms with E-state index in [1.807, 2.05) is 13.8 Å². The lowest BCUT2D eigenvalue weighted by Crippen LogP contribution is -2.44. The number of hydrogen-bond acceptors (Lipinski definition) is 8. The second-order valence-corrected chi connectivity index (χ2v) is 12.7. The number of allylic oxidation sites excluding steroid dienone is 1. The lowest BCUT2D eigenvalue weighted by atomic mass is 10.0. The summed E-state index contributed by atoms with van der Waals surface area (Å²) in [6, 6.07) is 2.36. The molecule has 3 amide bonds. The van der Waals surface area contributed by atoms with Gasteiger partial charge in [0.1, 0.15) is 34.5 Å². The van der Waals surface area contributed by atoms with Gasteiger partial charge in [-0.15, -0.1) is 0 Å². The number of fused-ring (bicyclic) bond motifs is 1. The fourth-order valence-corrected chi connectivity index (χ4v) is 4.68. The van der Waals surface area contributed by atoms with Crippen LogP contribution >= 0.6 is 0 Å². The molecule has 0 aliphatic rings. The van der Waals surface area contributed by atoms with E-state index in [1.54, 1.807) is 40.9 Å². The van der Waals surface area contributed by atoms with E-state index in [-0.39, 0.29) is 65.7 Å². The quantitative estimate of drug-likeness (QED) is 0.281. The number of carbonyl (C=O) groups is 4. The molecule has 0 aliphatic carbocycles. The van der Waals surface area contributed by atoms with E-state index in [0.717, 1.165) is 16.2 Å². The Morgan fingerprint density at radius 3 is 2.42 bits per heavy atom. The second-order valence-electron chi connectivity index (χ2n) is 12.7. The van der Waals surface area contributed by atoms with Gasteiger partial charge < -0.3 is 29.6 Å². The highest BCUT2D eigenvalue weighted by molar-refractivity contribution is 5.96. The SMILES string of the molecule is COC(=O)NC(CC/C=C/C(=O)N(C)C)C(=O)Nc1cccn(Cc2nc3c(CC(C)C)c(F)cc(F)c3n2C(=O)OC(C)(C)C)c1=O. The molecular weight excluding hydrogens is 630 g/mol.